The summed E-state index contributed by atoms with van der Waals surface area (Å²) in [6.07, 6.45) is 1.36. The van der Waals surface area contributed by atoms with Crippen LogP contribution in [0.5, 0.6) is 0 Å². The van der Waals surface area contributed by atoms with E-state index in [-0.39, 0.29) is 34.5 Å². The molecule has 154 valence electrons. The van der Waals surface area contributed by atoms with Crippen LogP contribution in [0, 0.1) is 10.1 Å². The molecule has 2 aromatic rings. The number of aromatic amines is 1. The third-order valence-corrected chi connectivity index (χ3v) is 6.57. The molecule has 0 unspecified atom stereocenters. The zero-order valence-electron chi connectivity index (χ0n) is 16.1. The molecule has 10 heteroatoms. The molecule has 1 fully saturated rings. The van der Waals surface area contributed by atoms with Crippen molar-refractivity contribution in [3.63, 3.8) is 0 Å². The molecule has 2 aliphatic rings. The molecule has 0 saturated carbocycles. The van der Waals surface area contributed by atoms with Crippen LogP contribution in [-0.4, -0.2) is 38.6 Å². The Kier molecular flexibility index (Phi) is 4.99. The molecule has 0 bridgehead atoms. The highest BCUT2D eigenvalue weighted by Gasteiger charge is 2.37. The second-order valence-corrected chi connectivity index (χ2v) is 8.98. The topological polar surface area (TPSA) is 119 Å². The van der Waals surface area contributed by atoms with Gasteiger partial charge in [0.2, 0.25) is 5.91 Å². The lowest BCUT2D eigenvalue weighted by molar-refractivity contribution is -0.385. The summed E-state index contributed by atoms with van der Waals surface area (Å²) in [6.45, 7) is 4.52. The van der Waals surface area contributed by atoms with Crippen molar-refractivity contribution >= 4 is 29.2 Å². The van der Waals surface area contributed by atoms with Gasteiger partial charge in [0.15, 0.2) is 0 Å². The number of nitro benzene ring substituents is 1. The van der Waals surface area contributed by atoms with Gasteiger partial charge in [-0.2, -0.15) is 0 Å². The van der Waals surface area contributed by atoms with Crippen molar-refractivity contribution in [3.8, 4) is 0 Å². The van der Waals surface area contributed by atoms with Gasteiger partial charge < -0.3 is 10.1 Å². The van der Waals surface area contributed by atoms with Crippen LogP contribution in [0.2, 0.25) is 0 Å². The van der Waals surface area contributed by atoms with E-state index in [0.717, 1.165) is 0 Å². The third kappa shape index (κ3) is 3.69. The van der Waals surface area contributed by atoms with Gasteiger partial charge >= 0.3 is 0 Å². The molecule has 1 aromatic heterocycles. The standard InChI is InChI=1S/C19H22N4O5S/c1-19(2)9-11(7-8-28-19)22-17-15(18(25)21-22)16(29-10-14(24)20-17)12-5-3-4-6-13(12)23(26)27/h3-6,11,16H,7-10H2,1-2H3,(H,20,24)(H,21,25)/t11-,16-/m1/s1. The van der Waals surface area contributed by atoms with Gasteiger partial charge in [-0.05, 0) is 26.7 Å². The number of amides is 1. The van der Waals surface area contributed by atoms with Crippen molar-refractivity contribution in [3.05, 3.63) is 55.9 Å². The second-order valence-electron chi connectivity index (χ2n) is 7.88. The lowest BCUT2D eigenvalue weighted by Crippen LogP contribution is -2.36. The van der Waals surface area contributed by atoms with Crippen molar-refractivity contribution in [2.24, 2.45) is 0 Å². The molecule has 4 rings (SSSR count). The molecule has 9 nitrogen and oxygen atoms in total. The molecular weight excluding hydrogens is 396 g/mol. The van der Waals surface area contributed by atoms with Gasteiger partial charge in [0.05, 0.1) is 33.1 Å². The number of nitro groups is 1. The molecule has 2 aliphatic heterocycles. The van der Waals surface area contributed by atoms with Gasteiger partial charge in [-0.3, -0.25) is 29.5 Å². The van der Waals surface area contributed by atoms with Gasteiger partial charge in [-0.1, -0.05) is 18.2 Å². The number of fused-ring (bicyclic) bond motifs is 1. The first-order valence-corrected chi connectivity index (χ1v) is 10.4. The number of rotatable bonds is 3. The number of carbonyl (C=O) groups is 1. The smallest absolute Gasteiger partial charge is 0.274 e. The molecule has 0 aliphatic carbocycles. The van der Waals surface area contributed by atoms with Gasteiger partial charge in [0, 0.05) is 18.2 Å². The molecule has 1 amide bonds. The molecule has 0 spiro atoms. The normalized spacial score (nSPS) is 23.7. The maximum Gasteiger partial charge on any atom is 0.274 e. The summed E-state index contributed by atoms with van der Waals surface area (Å²) < 4.78 is 7.49. The zero-order valence-corrected chi connectivity index (χ0v) is 17.0. The number of nitrogens with zero attached hydrogens (tertiary/aromatic N) is 2. The Morgan fingerprint density at radius 3 is 2.79 bits per heavy atom. The molecule has 2 atom stereocenters. The maximum absolute atomic E-state index is 13.0. The maximum atomic E-state index is 13.0. The van der Waals surface area contributed by atoms with Gasteiger partial charge in [0.25, 0.3) is 11.2 Å². The Balaban J connectivity index is 1.85. The van der Waals surface area contributed by atoms with Crippen LogP contribution in [0.3, 0.4) is 0 Å². The minimum Gasteiger partial charge on any atom is -0.375 e. The number of thioether (sulfide) groups is 1. The summed E-state index contributed by atoms with van der Waals surface area (Å²) in [5.74, 6) is 0.261. The number of carbonyl (C=O) groups excluding carboxylic acids is 1. The van der Waals surface area contributed by atoms with E-state index in [2.05, 4.69) is 10.4 Å². The second kappa shape index (κ2) is 7.34. The molecular formula is C19H22N4O5S. The minimum absolute atomic E-state index is 0.0509. The number of hydrogen-bond donors (Lipinski definition) is 2. The van der Waals surface area contributed by atoms with Crippen LogP contribution in [0.1, 0.15) is 49.1 Å². The molecule has 29 heavy (non-hydrogen) atoms. The summed E-state index contributed by atoms with van der Waals surface area (Å²) in [4.78, 5) is 36.5. The fraction of sp³-hybridized carbons (Fsp3) is 0.474. The number of hydrogen-bond acceptors (Lipinski definition) is 6. The van der Waals surface area contributed by atoms with E-state index < -0.39 is 10.2 Å². The quantitative estimate of drug-likeness (QED) is 0.584. The van der Waals surface area contributed by atoms with E-state index in [1.165, 1.54) is 17.8 Å². The average molecular weight is 418 g/mol. The first kappa shape index (κ1) is 19.7. The number of para-hydroxylation sites is 1. The van der Waals surface area contributed by atoms with E-state index >= 15 is 0 Å². The van der Waals surface area contributed by atoms with Crippen molar-refractivity contribution in [2.75, 3.05) is 17.7 Å². The summed E-state index contributed by atoms with van der Waals surface area (Å²) in [5.41, 5.74) is -0.0000199. The highest BCUT2D eigenvalue weighted by molar-refractivity contribution is 8.00. The van der Waals surface area contributed by atoms with Crippen LogP contribution < -0.4 is 10.9 Å². The molecule has 1 aromatic carbocycles. The van der Waals surface area contributed by atoms with Crippen molar-refractivity contribution < 1.29 is 14.5 Å². The number of H-pyrrole nitrogens is 1. The van der Waals surface area contributed by atoms with Crippen molar-refractivity contribution in [1.82, 2.24) is 9.78 Å². The first-order valence-electron chi connectivity index (χ1n) is 9.40. The van der Waals surface area contributed by atoms with Gasteiger partial charge in [-0.15, -0.1) is 11.8 Å². The van der Waals surface area contributed by atoms with Crippen LogP contribution in [-0.2, 0) is 9.53 Å². The largest absolute Gasteiger partial charge is 0.375 e. The SMILES string of the molecule is CC1(C)C[C@H](n2[nH]c(=O)c3c2NC(=O)CS[C@@H]3c2ccccc2[N+](=O)[O-])CCO1. The van der Waals surface area contributed by atoms with E-state index in [4.69, 9.17) is 4.74 Å². The summed E-state index contributed by atoms with van der Waals surface area (Å²) in [7, 11) is 0. The highest BCUT2D eigenvalue weighted by Crippen LogP contribution is 2.44. The number of benzene rings is 1. The number of aromatic nitrogens is 2. The van der Waals surface area contributed by atoms with Crippen LogP contribution in [0.4, 0.5) is 11.5 Å². The average Bonchev–Trinajstić information content (AvgIpc) is 2.87. The molecule has 2 N–H and O–H groups in total. The molecule has 3 heterocycles. The minimum atomic E-state index is -0.622. The number of ether oxygens (including phenoxy) is 1. The Bertz CT molecular complexity index is 1030. The summed E-state index contributed by atoms with van der Waals surface area (Å²) >= 11 is 1.22. The number of nitrogens with one attached hydrogen (secondary N) is 2. The molecule has 1 saturated heterocycles. The van der Waals surface area contributed by atoms with Gasteiger partial charge in [-0.25, -0.2) is 0 Å². The van der Waals surface area contributed by atoms with Crippen LogP contribution in [0.25, 0.3) is 0 Å². The fourth-order valence-electron chi connectivity index (χ4n) is 4.06. The lowest BCUT2D eigenvalue weighted by Gasteiger charge is -2.36. The van der Waals surface area contributed by atoms with E-state index in [1.54, 1.807) is 22.9 Å². The van der Waals surface area contributed by atoms with Gasteiger partial charge in [0.1, 0.15) is 5.82 Å². The Morgan fingerprint density at radius 2 is 2.07 bits per heavy atom. The predicted molar refractivity (Wildman–Crippen MR) is 109 cm³/mol. The first-order chi connectivity index (χ1) is 13.8. The fourth-order valence-corrected chi connectivity index (χ4v) is 5.21. The highest BCUT2D eigenvalue weighted by atomic mass is 32.2. The van der Waals surface area contributed by atoms with Crippen LogP contribution in [0.15, 0.2) is 29.1 Å². The zero-order chi connectivity index (χ0) is 20.8. The monoisotopic (exact) mass is 418 g/mol. The van der Waals surface area contributed by atoms with E-state index in [0.29, 0.717) is 36.4 Å². The summed E-state index contributed by atoms with van der Waals surface area (Å²) in [5, 5.41) is 16.6. The van der Waals surface area contributed by atoms with Crippen LogP contribution >= 0.6 is 11.8 Å². The summed E-state index contributed by atoms with van der Waals surface area (Å²) in [6, 6.07) is 6.30. The van der Waals surface area contributed by atoms with Crippen molar-refractivity contribution in [2.45, 2.75) is 43.6 Å². The Morgan fingerprint density at radius 1 is 1.31 bits per heavy atom. The predicted octanol–water partition coefficient (Wildman–Crippen LogP) is 2.99. The lowest BCUT2D eigenvalue weighted by atomic mass is 9.94. The van der Waals surface area contributed by atoms with E-state index in [9.17, 15) is 19.7 Å². The number of anilines is 1. The Labute approximate surface area is 170 Å². The van der Waals surface area contributed by atoms with Crippen molar-refractivity contribution in [1.29, 1.82) is 0 Å². The van der Waals surface area contributed by atoms with E-state index in [1.807, 2.05) is 13.8 Å². The molecule has 0 radical (unpaired) electrons. The Hall–Kier alpha value is -2.59. The third-order valence-electron chi connectivity index (χ3n) is 5.32.